The number of aryl methyl sites for hydroxylation is 2. The number of likely N-dealkylation sites (tertiary alicyclic amines) is 1. The summed E-state index contributed by atoms with van der Waals surface area (Å²) in [6.07, 6.45) is 2.33. The van der Waals surface area contributed by atoms with Crippen molar-refractivity contribution in [2.45, 2.75) is 43.8 Å². The molecule has 2 heterocycles. The van der Waals surface area contributed by atoms with Crippen LogP contribution in [0.25, 0.3) is 0 Å². The number of rotatable bonds is 8. The highest BCUT2D eigenvalue weighted by Crippen LogP contribution is 2.32. The van der Waals surface area contributed by atoms with Gasteiger partial charge in [0.1, 0.15) is 0 Å². The zero-order chi connectivity index (χ0) is 27.4. The van der Waals surface area contributed by atoms with Crippen LogP contribution >= 0.6 is 11.8 Å². The van der Waals surface area contributed by atoms with Crippen molar-refractivity contribution in [2.75, 3.05) is 32.3 Å². The molecule has 200 valence electrons. The minimum Gasteiger partial charge on any atom is -0.464 e. The first-order valence-electron chi connectivity index (χ1n) is 12.1. The lowest BCUT2D eigenvalue weighted by atomic mass is 10.0. The topological polar surface area (TPSA) is 116 Å². The smallest absolute Gasteiger partial charge is 0.361 e. The van der Waals surface area contributed by atoms with E-state index in [1.165, 1.54) is 18.9 Å². The van der Waals surface area contributed by atoms with Gasteiger partial charge >= 0.3 is 11.9 Å². The Kier molecular flexibility index (Phi) is 8.48. The van der Waals surface area contributed by atoms with Gasteiger partial charge in [0.2, 0.25) is 11.6 Å². The molecule has 0 radical (unpaired) electrons. The van der Waals surface area contributed by atoms with Gasteiger partial charge in [-0.15, -0.1) is 16.9 Å². The maximum absolute atomic E-state index is 13.6. The van der Waals surface area contributed by atoms with E-state index in [0.717, 1.165) is 21.6 Å². The summed E-state index contributed by atoms with van der Waals surface area (Å²) >= 11 is 1.60. The number of anilines is 1. The maximum Gasteiger partial charge on any atom is 0.361 e. The number of hydrogen-bond acceptors (Lipinski definition) is 9. The van der Waals surface area contributed by atoms with Crippen LogP contribution in [0.4, 0.5) is 5.69 Å². The van der Waals surface area contributed by atoms with Gasteiger partial charge < -0.3 is 14.8 Å². The third-order valence-electron chi connectivity index (χ3n) is 6.69. The van der Waals surface area contributed by atoms with Crippen LogP contribution in [-0.2, 0) is 20.8 Å². The molecule has 1 aliphatic heterocycles. The van der Waals surface area contributed by atoms with Gasteiger partial charge in [-0.25, -0.2) is 14.3 Å². The molecule has 0 saturated carbocycles. The van der Waals surface area contributed by atoms with Crippen LogP contribution in [0, 0.1) is 13.8 Å². The second-order valence-electron chi connectivity index (χ2n) is 9.20. The van der Waals surface area contributed by atoms with Gasteiger partial charge in [-0.1, -0.05) is 35.0 Å². The molecule has 10 nitrogen and oxygen atoms in total. The van der Waals surface area contributed by atoms with Crippen LogP contribution in [-0.4, -0.2) is 70.8 Å². The molecule has 1 fully saturated rings. The molecule has 0 aliphatic carbocycles. The fraction of sp³-hybridized carbons (Fsp3) is 0.370. The van der Waals surface area contributed by atoms with Crippen molar-refractivity contribution in [3.63, 3.8) is 0 Å². The lowest BCUT2D eigenvalue weighted by Gasteiger charge is -2.24. The van der Waals surface area contributed by atoms with Crippen LogP contribution in [0.15, 0.2) is 47.4 Å². The van der Waals surface area contributed by atoms with E-state index in [1.54, 1.807) is 11.8 Å². The summed E-state index contributed by atoms with van der Waals surface area (Å²) in [4.78, 5) is 41.6. The van der Waals surface area contributed by atoms with E-state index < -0.39 is 24.0 Å². The average molecular weight is 538 g/mol. The molecule has 38 heavy (non-hydrogen) atoms. The first-order valence-corrected chi connectivity index (χ1v) is 13.3. The minimum absolute atomic E-state index is 0.0930. The van der Waals surface area contributed by atoms with Crippen molar-refractivity contribution in [2.24, 2.45) is 0 Å². The zero-order valence-electron chi connectivity index (χ0n) is 22.1. The molecular weight excluding hydrogens is 506 g/mol. The van der Waals surface area contributed by atoms with Gasteiger partial charge in [0.05, 0.1) is 26.3 Å². The number of esters is 2. The summed E-state index contributed by atoms with van der Waals surface area (Å²) in [5, 5.41) is 11.1. The quantitative estimate of drug-likeness (QED) is 0.340. The van der Waals surface area contributed by atoms with Crippen LogP contribution < -0.4 is 5.32 Å². The predicted molar refractivity (Wildman–Crippen MR) is 143 cm³/mol. The molecule has 0 bridgehead atoms. The number of methoxy groups -OCH3 is 2. The Morgan fingerprint density at radius 2 is 1.84 bits per heavy atom. The highest BCUT2D eigenvalue weighted by molar-refractivity contribution is 7.98. The monoisotopic (exact) mass is 537 g/mol. The number of amides is 1. The minimum atomic E-state index is -0.787. The summed E-state index contributed by atoms with van der Waals surface area (Å²) in [6, 6.07) is 13.0. The van der Waals surface area contributed by atoms with Crippen LogP contribution in [0.3, 0.4) is 0 Å². The van der Waals surface area contributed by atoms with Crippen LogP contribution in [0.5, 0.6) is 0 Å². The first kappa shape index (κ1) is 27.3. The van der Waals surface area contributed by atoms with E-state index in [4.69, 9.17) is 9.47 Å². The molecule has 0 unspecified atom stereocenters. The number of hydrogen-bond donors (Lipinski definition) is 1. The number of carbonyl (C=O) groups is 3. The number of carbonyl (C=O) groups excluding carboxylic acids is 3. The lowest BCUT2D eigenvalue weighted by molar-refractivity contribution is -0.120. The number of nitrogens with one attached hydrogen (secondary N) is 1. The van der Waals surface area contributed by atoms with E-state index in [0.29, 0.717) is 25.2 Å². The fourth-order valence-corrected chi connectivity index (χ4v) is 5.20. The third-order valence-corrected chi connectivity index (χ3v) is 7.42. The Balaban J connectivity index is 1.67. The fourth-order valence-electron chi connectivity index (χ4n) is 4.74. The maximum atomic E-state index is 13.6. The van der Waals surface area contributed by atoms with E-state index in [9.17, 15) is 14.4 Å². The molecule has 1 aromatic heterocycles. The average Bonchev–Trinajstić information content (AvgIpc) is 3.54. The van der Waals surface area contributed by atoms with Crippen molar-refractivity contribution in [3.8, 4) is 0 Å². The molecule has 2 atom stereocenters. The normalized spacial score (nSPS) is 17.3. The molecular formula is C27H31N5O5S. The van der Waals surface area contributed by atoms with E-state index >= 15 is 0 Å². The second kappa shape index (κ2) is 11.8. The lowest BCUT2D eigenvalue weighted by Crippen LogP contribution is -2.39. The third kappa shape index (κ3) is 5.73. The summed E-state index contributed by atoms with van der Waals surface area (Å²) < 4.78 is 11.1. The van der Waals surface area contributed by atoms with Gasteiger partial charge in [0.15, 0.2) is 5.69 Å². The molecule has 11 heteroatoms. The molecule has 3 aromatic rings. The van der Waals surface area contributed by atoms with Crippen molar-refractivity contribution in [3.05, 3.63) is 70.5 Å². The largest absolute Gasteiger partial charge is 0.464 e. The standard InChI is InChI=1S/C27H31N5O5S/c1-16-9-10-18(17(2)11-16)14-31-15-20(32-24(27(35)37-4)23(29-30-32)26(34)36-3)13-22(31)25(33)28-19-7-6-8-21(12-19)38-5/h6-12,20,22H,13-15H2,1-5H3,(H,28,33)/t20-,22-/m0/s1. The Hall–Kier alpha value is -3.70. The Morgan fingerprint density at radius 1 is 1.08 bits per heavy atom. The first-order chi connectivity index (χ1) is 18.2. The molecule has 2 aromatic carbocycles. The molecule has 1 amide bonds. The number of ether oxygens (including phenoxy) is 2. The molecule has 1 N–H and O–H groups in total. The summed E-state index contributed by atoms with van der Waals surface area (Å²) in [6.45, 7) is 5.02. The van der Waals surface area contributed by atoms with Crippen molar-refractivity contribution < 1.29 is 23.9 Å². The van der Waals surface area contributed by atoms with Gasteiger partial charge in [-0.3, -0.25) is 9.69 Å². The summed E-state index contributed by atoms with van der Waals surface area (Å²) in [7, 11) is 2.43. The molecule has 0 spiro atoms. The van der Waals surface area contributed by atoms with E-state index in [1.807, 2.05) is 50.4 Å². The van der Waals surface area contributed by atoms with Gasteiger partial charge in [-0.2, -0.15) is 0 Å². The molecule has 1 saturated heterocycles. The Bertz CT molecular complexity index is 1360. The Morgan fingerprint density at radius 3 is 2.53 bits per heavy atom. The Labute approximate surface area is 225 Å². The van der Waals surface area contributed by atoms with Gasteiger partial charge in [0, 0.05) is 23.7 Å². The van der Waals surface area contributed by atoms with E-state index in [-0.39, 0.29) is 17.3 Å². The highest BCUT2D eigenvalue weighted by Gasteiger charge is 2.41. The zero-order valence-corrected chi connectivity index (χ0v) is 22.9. The van der Waals surface area contributed by atoms with Crippen LogP contribution in [0.2, 0.25) is 0 Å². The van der Waals surface area contributed by atoms with Crippen molar-refractivity contribution in [1.82, 2.24) is 19.9 Å². The number of benzene rings is 2. The molecule has 4 rings (SSSR count). The SMILES string of the molecule is COC(=O)c1nnn([C@H]2C[C@@H](C(=O)Nc3cccc(SC)c3)N(Cc3ccc(C)cc3C)C2)c1C(=O)OC. The van der Waals surface area contributed by atoms with Gasteiger partial charge in [0.25, 0.3) is 0 Å². The van der Waals surface area contributed by atoms with Crippen molar-refractivity contribution in [1.29, 1.82) is 0 Å². The second-order valence-corrected chi connectivity index (χ2v) is 10.1. The van der Waals surface area contributed by atoms with Gasteiger partial charge in [-0.05, 0) is 55.9 Å². The predicted octanol–water partition coefficient (Wildman–Crippen LogP) is 3.64. The summed E-state index contributed by atoms with van der Waals surface area (Å²) in [5.74, 6) is -1.70. The summed E-state index contributed by atoms with van der Waals surface area (Å²) in [5.41, 5.74) is 3.78. The van der Waals surface area contributed by atoms with Crippen molar-refractivity contribution >= 4 is 35.3 Å². The number of thioether (sulfide) groups is 1. The number of nitrogens with zero attached hydrogens (tertiary/aromatic N) is 4. The van der Waals surface area contributed by atoms with E-state index in [2.05, 4.69) is 32.7 Å². The molecule has 1 aliphatic rings. The highest BCUT2D eigenvalue weighted by atomic mass is 32.2. The van der Waals surface area contributed by atoms with Crippen LogP contribution in [0.1, 0.15) is 50.1 Å². The number of aromatic nitrogens is 3.